The number of thioether (sulfide) groups is 1. The summed E-state index contributed by atoms with van der Waals surface area (Å²) < 4.78 is 32.2. The van der Waals surface area contributed by atoms with Gasteiger partial charge in [-0.25, -0.2) is 9.38 Å². The van der Waals surface area contributed by atoms with Crippen LogP contribution in [0.4, 0.5) is 4.39 Å². The van der Waals surface area contributed by atoms with Crippen LogP contribution in [0.25, 0.3) is 0 Å². The van der Waals surface area contributed by atoms with Crippen molar-refractivity contribution in [1.29, 1.82) is 0 Å². The molecule has 6 nitrogen and oxygen atoms in total. The lowest BCUT2D eigenvalue weighted by Gasteiger charge is -2.39. The Morgan fingerprint density at radius 1 is 1.21 bits per heavy atom. The molecule has 1 aromatic heterocycles. The van der Waals surface area contributed by atoms with E-state index in [0.717, 1.165) is 28.3 Å². The summed E-state index contributed by atoms with van der Waals surface area (Å²) in [5, 5.41) is 0.469. The van der Waals surface area contributed by atoms with Gasteiger partial charge in [0.2, 0.25) is 0 Å². The third kappa shape index (κ3) is 3.78. The summed E-state index contributed by atoms with van der Waals surface area (Å²) in [4.78, 5) is 9.40. The van der Waals surface area contributed by atoms with Gasteiger partial charge in [-0.2, -0.15) is 0 Å². The summed E-state index contributed by atoms with van der Waals surface area (Å²) in [6.07, 6.45) is 2.99. The van der Waals surface area contributed by atoms with Crippen LogP contribution < -0.4 is 19.9 Å². The molecule has 0 amide bonds. The van der Waals surface area contributed by atoms with E-state index >= 15 is 4.39 Å². The number of amidine groups is 1. The van der Waals surface area contributed by atoms with E-state index in [2.05, 4.69) is 11.1 Å². The molecule has 2 aliphatic rings. The Hall–Kier alpha value is -3.26. The van der Waals surface area contributed by atoms with Crippen LogP contribution in [0.2, 0.25) is 0 Å². The van der Waals surface area contributed by atoms with Crippen molar-refractivity contribution in [1.82, 2.24) is 4.98 Å². The van der Waals surface area contributed by atoms with Crippen LogP contribution in [0, 0.1) is 5.82 Å². The van der Waals surface area contributed by atoms with Crippen molar-refractivity contribution in [2.75, 3.05) is 19.5 Å². The van der Waals surface area contributed by atoms with Gasteiger partial charge >= 0.3 is 0 Å². The summed E-state index contributed by atoms with van der Waals surface area (Å²) in [6.45, 7) is 2.51. The number of aromatic nitrogens is 1. The maximum absolute atomic E-state index is 15.0. The lowest BCUT2D eigenvalue weighted by Crippen LogP contribution is -2.36. The smallest absolute Gasteiger partial charge is 0.169 e. The quantitative estimate of drug-likeness (QED) is 0.570. The van der Waals surface area contributed by atoms with Crippen LogP contribution in [-0.2, 0) is 12.0 Å². The SMILES string of the molecule is CCOc1cccnc1Cc1ccc2c(c1)[C@@]1(CCSC(N)=N1)c1cc(OC)cc(F)c1O2. The van der Waals surface area contributed by atoms with Crippen molar-refractivity contribution in [2.45, 2.75) is 25.3 Å². The topological polar surface area (TPSA) is 79.0 Å². The Morgan fingerprint density at radius 2 is 2.09 bits per heavy atom. The fourth-order valence-corrected chi connectivity index (χ4v) is 5.28. The van der Waals surface area contributed by atoms with Crippen LogP contribution in [0.3, 0.4) is 0 Å². The van der Waals surface area contributed by atoms with Crippen LogP contribution in [0.1, 0.15) is 35.7 Å². The van der Waals surface area contributed by atoms with Gasteiger partial charge in [0, 0.05) is 35.6 Å². The lowest BCUT2D eigenvalue weighted by molar-refractivity contribution is 0.335. The minimum Gasteiger partial charge on any atom is -0.497 e. The molecule has 0 bridgehead atoms. The first kappa shape index (κ1) is 21.6. The summed E-state index contributed by atoms with van der Waals surface area (Å²) in [6, 6.07) is 12.8. The number of hydrogen-bond donors (Lipinski definition) is 1. The number of benzene rings is 2. The molecule has 33 heavy (non-hydrogen) atoms. The highest BCUT2D eigenvalue weighted by atomic mass is 32.2. The van der Waals surface area contributed by atoms with E-state index in [4.69, 9.17) is 24.9 Å². The van der Waals surface area contributed by atoms with E-state index < -0.39 is 11.4 Å². The fraction of sp³-hybridized carbons (Fsp3) is 0.280. The number of methoxy groups -OCH3 is 1. The molecule has 0 saturated heterocycles. The van der Waals surface area contributed by atoms with Crippen LogP contribution >= 0.6 is 11.8 Å². The van der Waals surface area contributed by atoms with Crippen molar-refractivity contribution in [3.8, 4) is 23.0 Å². The molecule has 0 aliphatic carbocycles. The van der Waals surface area contributed by atoms with Gasteiger partial charge in [0.05, 0.1) is 19.4 Å². The van der Waals surface area contributed by atoms with E-state index in [1.165, 1.54) is 24.9 Å². The Labute approximate surface area is 196 Å². The van der Waals surface area contributed by atoms with Crippen molar-refractivity contribution in [2.24, 2.45) is 10.7 Å². The normalized spacial score (nSPS) is 18.7. The Balaban J connectivity index is 1.65. The number of halogens is 1. The van der Waals surface area contributed by atoms with Crippen molar-refractivity contribution >= 4 is 16.9 Å². The minimum atomic E-state index is -0.851. The van der Waals surface area contributed by atoms with Gasteiger partial charge in [-0.3, -0.25) is 4.98 Å². The third-order valence-electron chi connectivity index (χ3n) is 5.93. The zero-order valence-electron chi connectivity index (χ0n) is 18.4. The number of hydrogen-bond acceptors (Lipinski definition) is 7. The fourth-order valence-electron chi connectivity index (χ4n) is 4.46. The van der Waals surface area contributed by atoms with Gasteiger partial charge in [-0.15, -0.1) is 0 Å². The van der Waals surface area contributed by atoms with Crippen LogP contribution in [0.5, 0.6) is 23.0 Å². The first-order chi connectivity index (χ1) is 16.0. The maximum atomic E-state index is 15.0. The molecule has 0 radical (unpaired) electrons. The van der Waals surface area contributed by atoms with Crippen molar-refractivity contribution in [3.63, 3.8) is 0 Å². The number of aliphatic imine (C=N–C) groups is 1. The second-order valence-corrected chi connectivity index (χ2v) is 9.00. The first-order valence-corrected chi connectivity index (χ1v) is 11.8. The molecule has 8 heteroatoms. The van der Waals surface area contributed by atoms with Gasteiger partial charge in [-0.1, -0.05) is 17.8 Å². The zero-order valence-corrected chi connectivity index (χ0v) is 19.2. The summed E-state index contributed by atoms with van der Waals surface area (Å²) in [7, 11) is 1.51. The number of nitrogens with zero attached hydrogens (tertiary/aromatic N) is 2. The number of ether oxygens (including phenoxy) is 3. The van der Waals surface area contributed by atoms with Crippen LogP contribution in [0.15, 0.2) is 53.7 Å². The van der Waals surface area contributed by atoms with Gasteiger partial charge in [0.15, 0.2) is 16.7 Å². The molecule has 0 unspecified atom stereocenters. The van der Waals surface area contributed by atoms with E-state index in [-0.39, 0.29) is 5.75 Å². The van der Waals surface area contributed by atoms with E-state index in [1.54, 1.807) is 12.3 Å². The third-order valence-corrected chi connectivity index (χ3v) is 6.73. The second-order valence-electron chi connectivity index (χ2n) is 7.89. The van der Waals surface area contributed by atoms with Crippen LogP contribution in [-0.4, -0.2) is 29.6 Å². The monoisotopic (exact) mass is 465 g/mol. The number of nitrogens with two attached hydrogens (primary N) is 1. The van der Waals surface area contributed by atoms with E-state index in [1.807, 2.05) is 31.2 Å². The standard InChI is InChI=1S/C25H24FN3O3S/c1-3-31-22-5-4-9-28-20(22)12-15-6-7-21-17(11-15)25(8-10-33-24(27)29-25)18-13-16(30-2)14-19(26)23(18)32-21/h4-7,9,11,13-14H,3,8,10,12H2,1-2H3,(H2,27,29)/t25-/m0/s1. The second kappa shape index (κ2) is 8.59. The average molecular weight is 466 g/mol. The van der Waals surface area contributed by atoms with Gasteiger partial charge in [0.1, 0.15) is 22.8 Å². The molecule has 2 N–H and O–H groups in total. The molecule has 1 spiro atoms. The average Bonchev–Trinajstić information content (AvgIpc) is 2.82. The zero-order chi connectivity index (χ0) is 23.0. The molecule has 0 saturated carbocycles. The maximum Gasteiger partial charge on any atom is 0.169 e. The summed E-state index contributed by atoms with van der Waals surface area (Å²) >= 11 is 1.50. The van der Waals surface area contributed by atoms with Gasteiger partial charge in [-0.05, 0) is 49.2 Å². The largest absolute Gasteiger partial charge is 0.497 e. The summed E-state index contributed by atoms with van der Waals surface area (Å²) in [5.41, 5.74) is 8.70. The summed E-state index contributed by atoms with van der Waals surface area (Å²) in [5.74, 6) is 2.19. The van der Waals surface area contributed by atoms with E-state index in [9.17, 15) is 0 Å². The van der Waals surface area contributed by atoms with Gasteiger partial charge < -0.3 is 19.9 Å². The molecular formula is C25H24FN3O3S. The molecule has 3 aromatic rings. The Bertz CT molecular complexity index is 1250. The highest BCUT2D eigenvalue weighted by Crippen LogP contribution is 2.54. The lowest BCUT2D eigenvalue weighted by atomic mass is 9.77. The Kier molecular flexibility index (Phi) is 5.62. The molecule has 2 aromatic carbocycles. The number of fused-ring (bicyclic) bond motifs is 4. The predicted molar refractivity (Wildman–Crippen MR) is 127 cm³/mol. The first-order valence-electron chi connectivity index (χ1n) is 10.8. The highest BCUT2D eigenvalue weighted by Gasteiger charge is 2.45. The number of rotatable bonds is 5. The van der Waals surface area contributed by atoms with Crippen molar-refractivity contribution < 1.29 is 18.6 Å². The van der Waals surface area contributed by atoms with Crippen molar-refractivity contribution in [3.05, 3.63) is 76.9 Å². The van der Waals surface area contributed by atoms with E-state index in [0.29, 0.717) is 41.7 Å². The molecule has 0 fully saturated rings. The molecule has 1 atom stereocenters. The molecule has 5 rings (SSSR count). The molecule has 3 heterocycles. The highest BCUT2D eigenvalue weighted by molar-refractivity contribution is 8.13. The molecule has 170 valence electrons. The van der Waals surface area contributed by atoms with Gasteiger partial charge in [0.25, 0.3) is 0 Å². The molecular weight excluding hydrogens is 441 g/mol. The number of pyridine rings is 1. The molecule has 2 aliphatic heterocycles. The Morgan fingerprint density at radius 3 is 2.88 bits per heavy atom. The minimum absolute atomic E-state index is 0.169. The predicted octanol–water partition coefficient (Wildman–Crippen LogP) is 5.02.